The lowest BCUT2D eigenvalue weighted by molar-refractivity contribution is -0.387. The van der Waals surface area contributed by atoms with Gasteiger partial charge in [-0.25, -0.2) is 4.98 Å². The molecule has 0 aliphatic carbocycles. The van der Waals surface area contributed by atoms with E-state index in [2.05, 4.69) is 32.3 Å². The summed E-state index contributed by atoms with van der Waals surface area (Å²) < 4.78 is 4.02. The molecule has 1 aromatic heterocycles. The van der Waals surface area contributed by atoms with E-state index in [0.717, 1.165) is 3.57 Å². The Hall–Kier alpha value is -1.35. The molecule has 0 fully saturated rings. The van der Waals surface area contributed by atoms with E-state index in [0.29, 0.717) is 10.7 Å². The molecular formula is C11H8IN3O2S. The predicted octanol–water partition coefficient (Wildman–Crippen LogP) is 3.71. The number of nitro benzene ring substituents is 1. The van der Waals surface area contributed by atoms with Crippen molar-refractivity contribution in [2.24, 2.45) is 0 Å². The fourth-order valence-corrected chi connectivity index (χ4v) is 2.29. The zero-order chi connectivity index (χ0) is 13.0. The van der Waals surface area contributed by atoms with Crippen molar-refractivity contribution < 1.29 is 4.92 Å². The van der Waals surface area contributed by atoms with E-state index in [4.69, 9.17) is 0 Å². The van der Waals surface area contributed by atoms with E-state index in [1.807, 2.05) is 12.1 Å². The van der Waals surface area contributed by atoms with Gasteiger partial charge >= 0.3 is 0 Å². The summed E-state index contributed by atoms with van der Waals surface area (Å²) in [5, 5.41) is 10.8. The first-order valence-corrected chi connectivity index (χ1v) is 6.84. The number of pyridine rings is 1. The summed E-state index contributed by atoms with van der Waals surface area (Å²) in [5.41, 5.74) is 0.0838. The van der Waals surface area contributed by atoms with Gasteiger partial charge in [-0.1, -0.05) is 12.1 Å². The van der Waals surface area contributed by atoms with Crippen LogP contribution in [0.4, 0.5) is 11.5 Å². The number of anilines is 1. The highest BCUT2D eigenvalue weighted by Crippen LogP contribution is 2.28. The van der Waals surface area contributed by atoms with E-state index in [9.17, 15) is 10.1 Å². The molecule has 1 N–H and O–H groups in total. The van der Waals surface area contributed by atoms with Gasteiger partial charge in [0.25, 0.3) is 5.69 Å². The van der Waals surface area contributed by atoms with Gasteiger partial charge < -0.3 is 4.72 Å². The van der Waals surface area contributed by atoms with Gasteiger partial charge in [-0.2, -0.15) is 0 Å². The number of para-hydroxylation sites is 1. The van der Waals surface area contributed by atoms with Crippen LogP contribution in [0.2, 0.25) is 0 Å². The Kier molecular flexibility index (Phi) is 4.37. The fraction of sp³-hybridized carbons (Fsp3) is 0. The van der Waals surface area contributed by atoms with Gasteiger partial charge in [0.2, 0.25) is 0 Å². The Morgan fingerprint density at radius 3 is 2.72 bits per heavy atom. The number of hydrogen-bond acceptors (Lipinski definition) is 5. The molecule has 0 aliphatic heterocycles. The molecule has 1 heterocycles. The highest BCUT2D eigenvalue weighted by atomic mass is 127. The molecule has 0 bridgehead atoms. The van der Waals surface area contributed by atoms with Gasteiger partial charge in [0.1, 0.15) is 10.7 Å². The van der Waals surface area contributed by atoms with Crippen molar-refractivity contribution in [3.8, 4) is 0 Å². The molecule has 7 heteroatoms. The molecule has 0 amide bonds. The molecule has 0 saturated carbocycles. The molecule has 1 aromatic carbocycles. The molecule has 0 unspecified atom stereocenters. The maximum Gasteiger partial charge on any atom is 0.284 e. The maximum atomic E-state index is 10.8. The first-order chi connectivity index (χ1) is 8.66. The van der Waals surface area contributed by atoms with Gasteiger partial charge in [-0.05, 0) is 52.7 Å². The number of aromatic nitrogens is 1. The summed E-state index contributed by atoms with van der Waals surface area (Å²) in [6, 6.07) is 10.3. The lowest BCUT2D eigenvalue weighted by Crippen LogP contribution is -1.94. The lowest BCUT2D eigenvalue weighted by atomic mass is 10.3. The van der Waals surface area contributed by atoms with Crippen molar-refractivity contribution in [1.29, 1.82) is 0 Å². The Bertz CT molecular complexity index is 562. The van der Waals surface area contributed by atoms with E-state index in [-0.39, 0.29) is 5.69 Å². The second kappa shape index (κ2) is 6.01. The second-order valence-electron chi connectivity index (χ2n) is 3.29. The molecule has 0 spiro atoms. The van der Waals surface area contributed by atoms with E-state index in [1.54, 1.807) is 24.4 Å². The summed E-state index contributed by atoms with van der Waals surface area (Å²) in [7, 11) is 0. The molecule has 18 heavy (non-hydrogen) atoms. The first-order valence-electron chi connectivity index (χ1n) is 4.94. The molecule has 5 nitrogen and oxygen atoms in total. The average Bonchev–Trinajstić information content (AvgIpc) is 2.38. The third-order valence-corrected chi connectivity index (χ3v) is 3.57. The minimum atomic E-state index is -0.397. The zero-order valence-electron chi connectivity index (χ0n) is 9.04. The molecule has 2 aromatic rings. The van der Waals surface area contributed by atoms with Crippen molar-refractivity contribution in [3.05, 3.63) is 56.3 Å². The maximum absolute atomic E-state index is 10.8. The monoisotopic (exact) mass is 373 g/mol. The van der Waals surface area contributed by atoms with Gasteiger partial charge in [-0.3, -0.25) is 10.1 Å². The predicted molar refractivity (Wildman–Crippen MR) is 79.5 cm³/mol. The Morgan fingerprint density at radius 1 is 1.28 bits per heavy atom. The molecule has 0 radical (unpaired) electrons. The number of halogens is 1. The fourth-order valence-electron chi connectivity index (χ4n) is 1.24. The summed E-state index contributed by atoms with van der Waals surface area (Å²) in [5.74, 6) is 0.665. The minimum Gasteiger partial charge on any atom is -0.310 e. The molecule has 0 atom stereocenters. The highest BCUT2D eigenvalue weighted by Gasteiger charge is 2.12. The molecule has 0 saturated heterocycles. The standard InChI is InChI=1S/C11H8IN3O2S/c12-8-5-6-11(13-7-8)14-18-10-4-2-1-3-9(10)15(16)17/h1-7H,(H,13,14). The summed E-state index contributed by atoms with van der Waals surface area (Å²) in [6.07, 6.45) is 1.73. The van der Waals surface area contributed by atoms with Gasteiger partial charge in [0, 0.05) is 15.8 Å². The van der Waals surface area contributed by atoms with Crippen LogP contribution >= 0.6 is 34.5 Å². The number of benzene rings is 1. The van der Waals surface area contributed by atoms with Crippen LogP contribution in [0.15, 0.2) is 47.5 Å². The lowest BCUT2D eigenvalue weighted by Gasteiger charge is -2.04. The summed E-state index contributed by atoms with van der Waals surface area (Å²) >= 11 is 3.34. The van der Waals surface area contributed by atoms with E-state index < -0.39 is 4.92 Å². The van der Waals surface area contributed by atoms with Gasteiger partial charge in [0.05, 0.1) is 4.92 Å². The van der Waals surface area contributed by atoms with Crippen molar-refractivity contribution >= 4 is 46.0 Å². The van der Waals surface area contributed by atoms with Crippen molar-refractivity contribution in [2.75, 3.05) is 4.72 Å². The van der Waals surface area contributed by atoms with Crippen LogP contribution in [-0.4, -0.2) is 9.91 Å². The number of rotatable bonds is 4. The third-order valence-electron chi connectivity index (χ3n) is 2.05. The quantitative estimate of drug-likeness (QED) is 0.383. The number of nitrogens with one attached hydrogen (secondary N) is 1. The SMILES string of the molecule is O=[N+]([O-])c1ccccc1SNc1ccc(I)cn1. The largest absolute Gasteiger partial charge is 0.310 e. The highest BCUT2D eigenvalue weighted by molar-refractivity contribution is 14.1. The van der Waals surface area contributed by atoms with E-state index in [1.165, 1.54) is 18.0 Å². The zero-order valence-corrected chi connectivity index (χ0v) is 12.0. The Balaban J connectivity index is 2.10. The van der Waals surface area contributed by atoms with Crippen LogP contribution in [0.1, 0.15) is 0 Å². The van der Waals surface area contributed by atoms with Crippen LogP contribution in [0, 0.1) is 13.7 Å². The summed E-state index contributed by atoms with van der Waals surface area (Å²) in [6.45, 7) is 0. The Morgan fingerprint density at radius 2 is 2.06 bits per heavy atom. The van der Waals surface area contributed by atoms with Crippen LogP contribution in [0.3, 0.4) is 0 Å². The molecule has 0 aliphatic rings. The molecule has 92 valence electrons. The summed E-state index contributed by atoms with van der Waals surface area (Å²) in [4.78, 5) is 15.1. The molecule has 2 rings (SSSR count). The second-order valence-corrected chi connectivity index (χ2v) is 5.38. The minimum absolute atomic E-state index is 0.0838. The smallest absolute Gasteiger partial charge is 0.284 e. The first kappa shape index (κ1) is 13.1. The normalized spacial score (nSPS) is 10.1. The van der Waals surface area contributed by atoms with Crippen molar-refractivity contribution in [1.82, 2.24) is 4.98 Å². The van der Waals surface area contributed by atoms with Gasteiger partial charge in [-0.15, -0.1) is 0 Å². The number of nitrogens with zero attached hydrogens (tertiary/aromatic N) is 2. The average molecular weight is 373 g/mol. The van der Waals surface area contributed by atoms with Crippen LogP contribution in [0.25, 0.3) is 0 Å². The number of nitro groups is 1. The topological polar surface area (TPSA) is 68.1 Å². The van der Waals surface area contributed by atoms with Gasteiger partial charge in [0.15, 0.2) is 0 Å². The molecular weight excluding hydrogens is 365 g/mol. The van der Waals surface area contributed by atoms with Crippen LogP contribution in [0.5, 0.6) is 0 Å². The van der Waals surface area contributed by atoms with Crippen LogP contribution < -0.4 is 4.72 Å². The van der Waals surface area contributed by atoms with E-state index >= 15 is 0 Å². The van der Waals surface area contributed by atoms with Crippen LogP contribution in [-0.2, 0) is 0 Å². The number of hydrogen-bond donors (Lipinski definition) is 1. The van der Waals surface area contributed by atoms with Crippen molar-refractivity contribution in [2.45, 2.75) is 4.90 Å². The third kappa shape index (κ3) is 3.33. The van der Waals surface area contributed by atoms with Crippen molar-refractivity contribution in [3.63, 3.8) is 0 Å². The Labute approximate surface area is 121 Å².